The summed E-state index contributed by atoms with van der Waals surface area (Å²) in [5.74, 6) is 0. The molecule has 2 aliphatic rings. The molecular weight excluding hydrogens is 318 g/mol. The number of hydrogen-bond acceptors (Lipinski definition) is 6. The number of anilines is 1. The number of nitrogens with one attached hydrogen (secondary N) is 1. The van der Waals surface area contributed by atoms with Gasteiger partial charge in [-0.15, -0.1) is 0 Å². The zero-order valence-corrected chi connectivity index (χ0v) is 14.1. The normalized spacial score (nSPS) is 23.1. The van der Waals surface area contributed by atoms with Crippen molar-refractivity contribution in [3.63, 3.8) is 0 Å². The SMILES string of the molecule is N#Cc1cc(NC[C@H]2CCC[C@@H]3CCCCN32)c([N+](=O)[O-])cc1C#N. The molecule has 7 nitrogen and oxygen atoms in total. The Hall–Kier alpha value is -2.64. The van der Waals surface area contributed by atoms with E-state index >= 15 is 0 Å². The number of fused-ring (bicyclic) bond motifs is 1. The first-order valence-electron chi connectivity index (χ1n) is 8.76. The van der Waals surface area contributed by atoms with Crippen LogP contribution in [0.2, 0.25) is 0 Å². The van der Waals surface area contributed by atoms with Gasteiger partial charge in [0.25, 0.3) is 5.69 Å². The second-order valence-electron chi connectivity index (χ2n) is 6.75. The highest BCUT2D eigenvalue weighted by Crippen LogP contribution is 2.32. The Balaban J connectivity index is 1.79. The van der Waals surface area contributed by atoms with Gasteiger partial charge in [-0.2, -0.15) is 10.5 Å². The minimum absolute atomic E-state index is 0.0357. The third-order valence-electron chi connectivity index (χ3n) is 5.32. The Morgan fingerprint density at radius 2 is 1.88 bits per heavy atom. The zero-order valence-electron chi connectivity index (χ0n) is 14.1. The molecule has 3 rings (SSSR count). The van der Waals surface area contributed by atoms with Crippen molar-refractivity contribution in [2.24, 2.45) is 0 Å². The molecule has 130 valence electrons. The molecule has 0 spiro atoms. The Bertz CT molecular complexity index is 747. The van der Waals surface area contributed by atoms with E-state index in [1.165, 1.54) is 44.2 Å². The summed E-state index contributed by atoms with van der Waals surface area (Å²) in [4.78, 5) is 13.4. The van der Waals surface area contributed by atoms with Gasteiger partial charge in [0, 0.05) is 24.7 Å². The zero-order chi connectivity index (χ0) is 17.8. The lowest BCUT2D eigenvalue weighted by Crippen LogP contribution is -2.51. The van der Waals surface area contributed by atoms with Gasteiger partial charge in [0.1, 0.15) is 17.8 Å². The van der Waals surface area contributed by atoms with Gasteiger partial charge in [-0.25, -0.2) is 0 Å². The van der Waals surface area contributed by atoms with Gasteiger partial charge in [-0.3, -0.25) is 15.0 Å². The van der Waals surface area contributed by atoms with Crippen LogP contribution in [0.15, 0.2) is 12.1 Å². The number of nitriles is 2. The maximum absolute atomic E-state index is 11.3. The standard InChI is InChI=1S/C18H21N5O2/c19-10-13-8-17(18(23(24)25)9-14(13)11-20)21-12-16-6-3-5-15-4-1-2-7-22(15)16/h8-9,15-16,21H,1-7,12H2/t15-,16+/m0/s1. The summed E-state index contributed by atoms with van der Waals surface area (Å²) in [5.41, 5.74) is 0.366. The molecule has 2 aliphatic heterocycles. The van der Waals surface area contributed by atoms with Crippen LogP contribution in [0.1, 0.15) is 49.7 Å². The number of hydrogen-bond donors (Lipinski definition) is 1. The summed E-state index contributed by atoms with van der Waals surface area (Å²) in [6, 6.07) is 7.40. The number of nitrogens with zero attached hydrogens (tertiary/aromatic N) is 4. The van der Waals surface area contributed by atoms with E-state index in [0.717, 1.165) is 13.0 Å². The maximum Gasteiger partial charge on any atom is 0.293 e. The van der Waals surface area contributed by atoms with E-state index in [2.05, 4.69) is 10.2 Å². The second-order valence-corrected chi connectivity index (χ2v) is 6.75. The summed E-state index contributed by atoms with van der Waals surface area (Å²) >= 11 is 0. The van der Waals surface area contributed by atoms with Gasteiger partial charge in [0.05, 0.1) is 16.1 Å². The van der Waals surface area contributed by atoms with Crippen LogP contribution < -0.4 is 5.32 Å². The molecular formula is C18H21N5O2. The topological polar surface area (TPSA) is 106 Å². The van der Waals surface area contributed by atoms with E-state index in [1.807, 2.05) is 12.1 Å². The lowest BCUT2D eigenvalue weighted by atomic mass is 9.89. The van der Waals surface area contributed by atoms with E-state index in [4.69, 9.17) is 10.5 Å². The third kappa shape index (κ3) is 3.57. The summed E-state index contributed by atoms with van der Waals surface area (Å²) in [6.45, 7) is 1.71. The van der Waals surface area contributed by atoms with Crippen molar-refractivity contribution < 1.29 is 4.92 Å². The quantitative estimate of drug-likeness (QED) is 0.667. The minimum Gasteiger partial charge on any atom is -0.378 e. The Morgan fingerprint density at radius 1 is 1.16 bits per heavy atom. The molecule has 0 saturated carbocycles. The predicted molar refractivity (Wildman–Crippen MR) is 93.0 cm³/mol. The van der Waals surface area contributed by atoms with E-state index in [-0.39, 0.29) is 16.8 Å². The molecule has 1 N–H and O–H groups in total. The van der Waals surface area contributed by atoms with Crippen molar-refractivity contribution in [2.45, 2.75) is 50.6 Å². The van der Waals surface area contributed by atoms with Crippen molar-refractivity contribution in [1.82, 2.24) is 4.90 Å². The molecule has 0 aromatic heterocycles. The molecule has 1 aromatic rings. The molecule has 0 amide bonds. The van der Waals surface area contributed by atoms with Crippen LogP contribution in [-0.4, -0.2) is 35.0 Å². The fourth-order valence-corrected chi connectivity index (χ4v) is 4.08. The fourth-order valence-electron chi connectivity index (χ4n) is 4.08. The van der Waals surface area contributed by atoms with Crippen molar-refractivity contribution in [3.8, 4) is 12.1 Å². The first-order chi connectivity index (χ1) is 12.1. The summed E-state index contributed by atoms with van der Waals surface area (Å²) in [6.07, 6.45) is 7.25. The second kappa shape index (κ2) is 7.50. The molecule has 0 aliphatic carbocycles. The fraction of sp³-hybridized carbons (Fsp3) is 0.556. The summed E-state index contributed by atoms with van der Waals surface area (Å²) < 4.78 is 0. The lowest BCUT2D eigenvalue weighted by molar-refractivity contribution is -0.384. The summed E-state index contributed by atoms with van der Waals surface area (Å²) in [7, 11) is 0. The van der Waals surface area contributed by atoms with E-state index in [9.17, 15) is 10.1 Å². The highest BCUT2D eigenvalue weighted by Gasteiger charge is 2.32. The lowest BCUT2D eigenvalue weighted by Gasteiger charge is -2.45. The van der Waals surface area contributed by atoms with Crippen LogP contribution in [-0.2, 0) is 0 Å². The predicted octanol–water partition coefficient (Wildman–Crippen LogP) is 3.16. The molecule has 2 fully saturated rings. The first kappa shape index (κ1) is 17.2. The smallest absolute Gasteiger partial charge is 0.293 e. The van der Waals surface area contributed by atoms with Gasteiger partial charge in [0.15, 0.2) is 0 Å². The van der Waals surface area contributed by atoms with Crippen molar-refractivity contribution in [1.29, 1.82) is 10.5 Å². The molecule has 7 heteroatoms. The molecule has 0 unspecified atom stereocenters. The highest BCUT2D eigenvalue weighted by atomic mass is 16.6. The number of nitro groups is 1. The van der Waals surface area contributed by atoms with Gasteiger partial charge < -0.3 is 5.32 Å². The van der Waals surface area contributed by atoms with E-state index < -0.39 is 4.92 Å². The van der Waals surface area contributed by atoms with Crippen molar-refractivity contribution in [2.75, 3.05) is 18.4 Å². The molecule has 2 atom stereocenters. The first-order valence-corrected chi connectivity index (χ1v) is 8.76. The summed E-state index contributed by atoms with van der Waals surface area (Å²) in [5, 5.41) is 32.7. The molecule has 25 heavy (non-hydrogen) atoms. The van der Waals surface area contributed by atoms with Crippen LogP contribution in [0.3, 0.4) is 0 Å². The number of benzene rings is 1. The van der Waals surface area contributed by atoms with Crippen LogP contribution >= 0.6 is 0 Å². The van der Waals surface area contributed by atoms with Gasteiger partial charge >= 0.3 is 0 Å². The van der Waals surface area contributed by atoms with Crippen LogP contribution in [0, 0.1) is 32.8 Å². The van der Waals surface area contributed by atoms with Gasteiger partial charge in [0.2, 0.25) is 0 Å². The molecule has 2 heterocycles. The average Bonchev–Trinajstić information content (AvgIpc) is 2.65. The number of rotatable bonds is 4. The van der Waals surface area contributed by atoms with Crippen LogP contribution in [0.25, 0.3) is 0 Å². The Morgan fingerprint density at radius 3 is 2.60 bits per heavy atom. The molecule has 0 radical (unpaired) electrons. The molecule has 0 bridgehead atoms. The van der Waals surface area contributed by atoms with Crippen molar-refractivity contribution in [3.05, 3.63) is 33.4 Å². The third-order valence-corrected chi connectivity index (χ3v) is 5.32. The Kier molecular flexibility index (Phi) is 5.16. The van der Waals surface area contributed by atoms with Crippen LogP contribution in [0.5, 0.6) is 0 Å². The van der Waals surface area contributed by atoms with Gasteiger partial charge in [-0.1, -0.05) is 12.8 Å². The highest BCUT2D eigenvalue weighted by molar-refractivity contribution is 5.68. The maximum atomic E-state index is 11.3. The van der Waals surface area contributed by atoms with Crippen molar-refractivity contribution >= 4 is 11.4 Å². The van der Waals surface area contributed by atoms with Crippen LogP contribution in [0.4, 0.5) is 11.4 Å². The largest absolute Gasteiger partial charge is 0.378 e. The van der Waals surface area contributed by atoms with Gasteiger partial charge in [-0.05, 0) is 38.3 Å². The van der Waals surface area contributed by atoms with E-state index in [1.54, 1.807) is 0 Å². The molecule has 1 aromatic carbocycles. The number of piperidine rings is 2. The number of nitro benzene ring substituents is 1. The monoisotopic (exact) mass is 339 g/mol. The minimum atomic E-state index is -0.505. The molecule has 2 saturated heterocycles. The Labute approximate surface area is 147 Å². The van der Waals surface area contributed by atoms with E-state index in [0.29, 0.717) is 24.3 Å². The average molecular weight is 339 g/mol.